The molecule has 1 fully saturated rings. The molecule has 0 saturated heterocycles. The van der Waals surface area contributed by atoms with Crippen LogP contribution in [0.25, 0.3) is 0 Å². The lowest BCUT2D eigenvalue weighted by atomic mass is 9.75. The fraction of sp³-hybridized carbons (Fsp3) is 0.500. The van der Waals surface area contributed by atoms with E-state index in [0.717, 1.165) is 31.4 Å². The number of amides is 1. The van der Waals surface area contributed by atoms with Gasteiger partial charge in [-0.1, -0.05) is 30.1 Å². The van der Waals surface area contributed by atoms with E-state index in [1.165, 1.54) is 0 Å². The summed E-state index contributed by atoms with van der Waals surface area (Å²) in [5.41, 5.74) is 1.10. The maximum absolute atomic E-state index is 12.4. The van der Waals surface area contributed by atoms with E-state index >= 15 is 0 Å². The number of halogens is 2. The molecule has 1 aliphatic heterocycles. The van der Waals surface area contributed by atoms with E-state index in [-0.39, 0.29) is 5.91 Å². The van der Waals surface area contributed by atoms with Crippen molar-refractivity contribution >= 4 is 40.5 Å². The lowest BCUT2D eigenvalue weighted by Gasteiger charge is -2.42. The summed E-state index contributed by atoms with van der Waals surface area (Å²) in [4.78, 5) is 12.4. The van der Waals surface area contributed by atoms with Gasteiger partial charge in [0.15, 0.2) is 0 Å². The van der Waals surface area contributed by atoms with Gasteiger partial charge in [-0.05, 0) is 43.7 Å². The van der Waals surface area contributed by atoms with Crippen LogP contribution in [0.5, 0.6) is 0 Å². The normalized spacial score (nSPS) is 29.6. The predicted octanol–water partition coefficient (Wildman–Crippen LogP) is 4.31. The summed E-state index contributed by atoms with van der Waals surface area (Å²) < 4.78 is 0. The molecule has 1 amide bonds. The number of carbonyl (C=O) groups excluding carboxylic acids is 1. The molecule has 1 heterocycles. The maximum Gasteiger partial charge on any atom is 0.250 e. The molecular weight excluding hydrogens is 283 g/mol. The Bertz CT molecular complexity index is 536. The topological polar surface area (TPSA) is 41.1 Å². The molecule has 1 spiro atoms. The second-order valence-electron chi connectivity index (χ2n) is 5.66. The molecule has 102 valence electrons. The number of hydrogen-bond donors (Lipinski definition) is 2. The van der Waals surface area contributed by atoms with Gasteiger partial charge in [0.2, 0.25) is 5.91 Å². The highest BCUT2D eigenvalue weighted by molar-refractivity contribution is 6.42. The van der Waals surface area contributed by atoms with Gasteiger partial charge in [0.1, 0.15) is 5.54 Å². The average molecular weight is 299 g/mol. The Hall–Kier alpha value is -0.930. The van der Waals surface area contributed by atoms with Crippen molar-refractivity contribution in [3.8, 4) is 0 Å². The summed E-state index contributed by atoms with van der Waals surface area (Å²) in [6.45, 7) is 2.23. The number of rotatable bonds is 0. The SMILES string of the molecule is CC1CCC2(CC1)Nc1cc(Cl)c(Cl)cc1NC2=O. The number of carbonyl (C=O) groups is 1. The Kier molecular flexibility index (Phi) is 3.14. The molecule has 0 atom stereocenters. The third kappa shape index (κ3) is 2.19. The van der Waals surface area contributed by atoms with Gasteiger partial charge in [0.25, 0.3) is 0 Å². The third-order valence-corrected chi connectivity index (χ3v) is 4.97. The lowest BCUT2D eigenvalue weighted by Crippen LogP contribution is -2.54. The minimum absolute atomic E-state index is 0.0466. The molecule has 0 bridgehead atoms. The molecule has 1 aromatic carbocycles. The smallest absolute Gasteiger partial charge is 0.250 e. The predicted molar refractivity (Wildman–Crippen MR) is 79.1 cm³/mol. The molecule has 0 aromatic heterocycles. The molecule has 19 heavy (non-hydrogen) atoms. The van der Waals surface area contributed by atoms with Gasteiger partial charge in [-0.3, -0.25) is 4.79 Å². The van der Waals surface area contributed by atoms with Crippen molar-refractivity contribution in [1.29, 1.82) is 0 Å². The van der Waals surface area contributed by atoms with Gasteiger partial charge in [-0.15, -0.1) is 0 Å². The lowest BCUT2D eigenvalue weighted by molar-refractivity contribution is -0.121. The van der Waals surface area contributed by atoms with Gasteiger partial charge in [0, 0.05) is 0 Å². The first-order valence-corrected chi connectivity index (χ1v) is 7.34. The van der Waals surface area contributed by atoms with Gasteiger partial charge < -0.3 is 10.6 Å². The Morgan fingerprint density at radius 1 is 1.16 bits per heavy atom. The fourth-order valence-corrected chi connectivity index (χ4v) is 3.24. The quantitative estimate of drug-likeness (QED) is 0.749. The Morgan fingerprint density at radius 3 is 2.37 bits per heavy atom. The molecule has 1 aromatic rings. The first kappa shape index (κ1) is 13.1. The van der Waals surface area contributed by atoms with Crippen molar-refractivity contribution in [2.24, 2.45) is 5.92 Å². The van der Waals surface area contributed by atoms with Crippen LogP contribution in [0.1, 0.15) is 32.6 Å². The van der Waals surface area contributed by atoms with Crippen LogP contribution in [0.2, 0.25) is 10.0 Å². The summed E-state index contributed by atoms with van der Waals surface area (Å²) >= 11 is 12.0. The first-order valence-electron chi connectivity index (χ1n) is 6.59. The van der Waals surface area contributed by atoms with Crippen LogP contribution in [-0.2, 0) is 4.79 Å². The molecule has 0 unspecified atom stereocenters. The molecule has 1 saturated carbocycles. The largest absolute Gasteiger partial charge is 0.369 e. The van der Waals surface area contributed by atoms with E-state index in [4.69, 9.17) is 23.2 Å². The molecule has 2 aliphatic rings. The summed E-state index contributed by atoms with van der Waals surface area (Å²) in [6, 6.07) is 3.49. The Morgan fingerprint density at radius 2 is 1.74 bits per heavy atom. The molecular formula is C14H16Cl2N2O. The van der Waals surface area contributed by atoms with E-state index < -0.39 is 5.54 Å². The van der Waals surface area contributed by atoms with E-state index in [2.05, 4.69) is 17.6 Å². The molecule has 1 aliphatic carbocycles. The molecule has 3 nitrogen and oxygen atoms in total. The van der Waals surface area contributed by atoms with E-state index in [1.54, 1.807) is 12.1 Å². The summed E-state index contributed by atoms with van der Waals surface area (Å²) in [5.74, 6) is 0.737. The number of anilines is 2. The number of nitrogens with one attached hydrogen (secondary N) is 2. The van der Waals surface area contributed by atoms with Crippen molar-refractivity contribution in [3.05, 3.63) is 22.2 Å². The second kappa shape index (κ2) is 4.57. The first-order chi connectivity index (χ1) is 9.00. The van der Waals surface area contributed by atoms with Crippen molar-refractivity contribution < 1.29 is 4.79 Å². The Balaban J connectivity index is 1.95. The van der Waals surface area contributed by atoms with Crippen molar-refractivity contribution in [2.75, 3.05) is 10.6 Å². The zero-order chi connectivity index (χ0) is 13.6. The molecule has 5 heteroatoms. The van der Waals surface area contributed by atoms with Gasteiger partial charge in [-0.25, -0.2) is 0 Å². The van der Waals surface area contributed by atoms with Crippen LogP contribution in [0.15, 0.2) is 12.1 Å². The summed E-state index contributed by atoms with van der Waals surface area (Å²) in [7, 11) is 0. The van der Waals surface area contributed by atoms with Crippen molar-refractivity contribution in [3.63, 3.8) is 0 Å². The van der Waals surface area contributed by atoms with E-state index in [1.807, 2.05) is 0 Å². The van der Waals surface area contributed by atoms with Gasteiger partial charge in [-0.2, -0.15) is 0 Å². The van der Waals surface area contributed by atoms with E-state index in [0.29, 0.717) is 21.7 Å². The zero-order valence-corrected chi connectivity index (χ0v) is 12.2. The molecule has 3 rings (SSSR count). The second-order valence-corrected chi connectivity index (χ2v) is 6.47. The standard InChI is InChI=1S/C14H16Cl2N2O/c1-8-2-4-14(5-3-8)13(19)17-11-6-9(15)10(16)7-12(11)18-14/h6-8,18H,2-5H2,1H3,(H,17,19). The maximum atomic E-state index is 12.4. The minimum atomic E-state index is -0.476. The van der Waals surface area contributed by atoms with Crippen LogP contribution < -0.4 is 10.6 Å². The number of benzene rings is 1. The molecule has 0 radical (unpaired) electrons. The number of hydrogen-bond acceptors (Lipinski definition) is 2. The average Bonchev–Trinajstić information content (AvgIpc) is 2.37. The van der Waals surface area contributed by atoms with Gasteiger partial charge in [0.05, 0.1) is 21.4 Å². The highest BCUT2D eigenvalue weighted by Gasteiger charge is 2.44. The van der Waals surface area contributed by atoms with Crippen LogP contribution in [0, 0.1) is 5.92 Å². The van der Waals surface area contributed by atoms with Crippen LogP contribution >= 0.6 is 23.2 Å². The fourth-order valence-electron chi connectivity index (χ4n) is 2.92. The molecule has 2 N–H and O–H groups in total. The monoisotopic (exact) mass is 298 g/mol. The number of fused-ring (bicyclic) bond motifs is 1. The van der Waals surface area contributed by atoms with Crippen LogP contribution in [0.4, 0.5) is 11.4 Å². The van der Waals surface area contributed by atoms with Crippen LogP contribution in [0.3, 0.4) is 0 Å². The Labute approximate surface area is 122 Å². The zero-order valence-electron chi connectivity index (χ0n) is 10.7. The third-order valence-electron chi connectivity index (χ3n) is 4.25. The summed E-state index contributed by atoms with van der Waals surface area (Å²) in [5, 5.41) is 7.31. The van der Waals surface area contributed by atoms with Gasteiger partial charge >= 0.3 is 0 Å². The highest BCUT2D eigenvalue weighted by atomic mass is 35.5. The minimum Gasteiger partial charge on any atom is -0.369 e. The highest BCUT2D eigenvalue weighted by Crippen LogP contribution is 2.42. The van der Waals surface area contributed by atoms with Crippen molar-refractivity contribution in [1.82, 2.24) is 0 Å². The van der Waals surface area contributed by atoms with Crippen molar-refractivity contribution in [2.45, 2.75) is 38.1 Å². The van der Waals surface area contributed by atoms with Crippen LogP contribution in [-0.4, -0.2) is 11.4 Å². The van der Waals surface area contributed by atoms with E-state index in [9.17, 15) is 4.79 Å². The summed E-state index contributed by atoms with van der Waals surface area (Å²) in [6.07, 6.45) is 3.85.